The molecule has 6 heteroatoms. The monoisotopic (exact) mass is 336 g/mol. The van der Waals surface area contributed by atoms with Gasteiger partial charge >= 0.3 is 0 Å². The molecule has 1 heterocycles. The molecule has 3 rings (SSSR count). The van der Waals surface area contributed by atoms with E-state index in [4.69, 9.17) is 11.6 Å². The SMILES string of the molecule is CC(Cl)c1nnnn1-c1ccc2cc(Br)ccc2c1. The fraction of sp³-hybridized carbons (Fsp3) is 0.154. The van der Waals surface area contributed by atoms with Gasteiger partial charge in [0.2, 0.25) is 0 Å². The van der Waals surface area contributed by atoms with E-state index in [1.807, 2.05) is 31.2 Å². The Morgan fingerprint density at radius 2 is 1.89 bits per heavy atom. The van der Waals surface area contributed by atoms with Crippen LogP contribution in [0, 0.1) is 0 Å². The number of hydrogen-bond acceptors (Lipinski definition) is 3. The standard InChI is InChI=1S/C13H10BrClN4/c1-8(15)13-16-17-18-19(13)12-5-3-9-6-11(14)4-2-10(9)7-12/h2-8H,1H3. The molecule has 0 fully saturated rings. The van der Waals surface area contributed by atoms with Crippen molar-refractivity contribution in [3.05, 3.63) is 46.7 Å². The van der Waals surface area contributed by atoms with Crippen molar-refractivity contribution in [3.8, 4) is 5.69 Å². The summed E-state index contributed by atoms with van der Waals surface area (Å²) in [7, 11) is 0. The molecule has 19 heavy (non-hydrogen) atoms. The zero-order valence-corrected chi connectivity index (χ0v) is 12.4. The van der Waals surface area contributed by atoms with Crippen LogP contribution in [0.5, 0.6) is 0 Å². The third kappa shape index (κ3) is 2.35. The van der Waals surface area contributed by atoms with Gasteiger partial charge in [0.05, 0.1) is 11.1 Å². The fourth-order valence-electron chi connectivity index (χ4n) is 1.96. The van der Waals surface area contributed by atoms with Crippen LogP contribution in [0.2, 0.25) is 0 Å². The van der Waals surface area contributed by atoms with Crippen molar-refractivity contribution in [1.29, 1.82) is 0 Å². The van der Waals surface area contributed by atoms with Crippen molar-refractivity contribution in [1.82, 2.24) is 20.2 Å². The van der Waals surface area contributed by atoms with Crippen molar-refractivity contribution in [2.45, 2.75) is 12.3 Å². The molecule has 0 spiro atoms. The third-order valence-electron chi connectivity index (χ3n) is 2.88. The lowest BCUT2D eigenvalue weighted by Gasteiger charge is -2.07. The van der Waals surface area contributed by atoms with E-state index in [1.165, 1.54) is 0 Å². The first-order valence-electron chi connectivity index (χ1n) is 5.77. The summed E-state index contributed by atoms with van der Waals surface area (Å²) >= 11 is 9.53. The molecule has 0 aliphatic heterocycles. The Hall–Kier alpha value is -1.46. The summed E-state index contributed by atoms with van der Waals surface area (Å²) in [5, 5.41) is 13.7. The summed E-state index contributed by atoms with van der Waals surface area (Å²) in [5.74, 6) is 0.637. The number of aromatic nitrogens is 4. The topological polar surface area (TPSA) is 43.6 Å². The predicted molar refractivity (Wildman–Crippen MR) is 78.6 cm³/mol. The van der Waals surface area contributed by atoms with Crippen LogP contribution >= 0.6 is 27.5 Å². The molecule has 96 valence electrons. The second kappa shape index (κ2) is 4.90. The molecule has 0 amide bonds. The molecule has 0 saturated heterocycles. The minimum Gasteiger partial charge on any atom is -0.196 e. The van der Waals surface area contributed by atoms with Gasteiger partial charge < -0.3 is 0 Å². The summed E-state index contributed by atoms with van der Waals surface area (Å²) in [6, 6.07) is 12.2. The van der Waals surface area contributed by atoms with Gasteiger partial charge in [0.15, 0.2) is 5.82 Å². The maximum Gasteiger partial charge on any atom is 0.174 e. The quantitative estimate of drug-likeness (QED) is 0.667. The van der Waals surface area contributed by atoms with E-state index in [0.29, 0.717) is 5.82 Å². The van der Waals surface area contributed by atoms with Crippen LogP contribution in [-0.2, 0) is 0 Å². The average molecular weight is 338 g/mol. The Balaban J connectivity index is 2.15. The lowest BCUT2D eigenvalue weighted by molar-refractivity contribution is 0.761. The molecule has 4 nitrogen and oxygen atoms in total. The Morgan fingerprint density at radius 1 is 1.16 bits per heavy atom. The Morgan fingerprint density at radius 3 is 2.68 bits per heavy atom. The van der Waals surface area contributed by atoms with Crippen molar-refractivity contribution in [3.63, 3.8) is 0 Å². The molecule has 0 radical (unpaired) electrons. The smallest absolute Gasteiger partial charge is 0.174 e. The van der Waals surface area contributed by atoms with Crippen molar-refractivity contribution >= 4 is 38.3 Å². The lowest BCUT2D eigenvalue weighted by Crippen LogP contribution is -2.03. The zero-order valence-electron chi connectivity index (χ0n) is 10.1. The zero-order chi connectivity index (χ0) is 13.4. The van der Waals surface area contributed by atoms with E-state index in [-0.39, 0.29) is 5.38 Å². The van der Waals surface area contributed by atoms with E-state index in [2.05, 4.69) is 43.6 Å². The van der Waals surface area contributed by atoms with Crippen LogP contribution in [0.4, 0.5) is 0 Å². The number of halogens is 2. The van der Waals surface area contributed by atoms with Crippen molar-refractivity contribution in [2.75, 3.05) is 0 Å². The Labute approximate surface area is 123 Å². The van der Waals surface area contributed by atoms with E-state index >= 15 is 0 Å². The van der Waals surface area contributed by atoms with Gasteiger partial charge in [0.25, 0.3) is 0 Å². The highest BCUT2D eigenvalue weighted by molar-refractivity contribution is 9.10. The van der Waals surface area contributed by atoms with Gasteiger partial charge in [0, 0.05) is 4.47 Å². The molecular formula is C13H10BrClN4. The van der Waals surface area contributed by atoms with Gasteiger partial charge in [-0.15, -0.1) is 16.7 Å². The first-order chi connectivity index (χ1) is 9.15. The van der Waals surface area contributed by atoms with E-state index < -0.39 is 0 Å². The normalized spacial score (nSPS) is 12.8. The van der Waals surface area contributed by atoms with Crippen LogP contribution in [0.3, 0.4) is 0 Å². The summed E-state index contributed by atoms with van der Waals surface area (Å²) < 4.78 is 2.73. The number of nitrogens with zero attached hydrogens (tertiary/aromatic N) is 4. The van der Waals surface area contributed by atoms with Gasteiger partial charge in [-0.05, 0) is 52.4 Å². The van der Waals surface area contributed by atoms with Gasteiger partial charge in [-0.2, -0.15) is 4.68 Å². The molecule has 1 unspecified atom stereocenters. The molecule has 2 aromatic carbocycles. The summed E-state index contributed by atoms with van der Waals surface area (Å²) in [4.78, 5) is 0. The minimum atomic E-state index is -0.240. The molecule has 0 saturated carbocycles. The van der Waals surface area contributed by atoms with E-state index in [9.17, 15) is 0 Å². The Kier molecular flexibility index (Phi) is 3.24. The number of rotatable bonds is 2. The van der Waals surface area contributed by atoms with Gasteiger partial charge in [0.1, 0.15) is 0 Å². The number of alkyl halides is 1. The van der Waals surface area contributed by atoms with Crippen LogP contribution in [0.25, 0.3) is 16.5 Å². The summed E-state index contributed by atoms with van der Waals surface area (Å²) in [6.45, 7) is 1.85. The van der Waals surface area contributed by atoms with Crippen LogP contribution in [0.15, 0.2) is 40.9 Å². The molecular weight excluding hydrogens is 328 g/mol. The van der Waals surface area contributed by atoms with Crippen LogP contribution in [0.1, 0.15) is 18.1 Å². The maximum atomic E-state index is 6.07. The van der Waals surface area contributed by atoms with Crippen LogP contribution < -0.4 is 0 Å². The highest BCUT2D eigenvalue weighted by Gasteiger charge is 2.13. The molecule has 1 aromatic heterocycles. The first-order valence-corrected chi connectivity index (χ1v) is 7.00. The number of tetrazole rings is 1. The average Bonchev–Trinajstić information content (AvgIpc) is 2.87. The molecule has 0 aliphatic carbocycles. The first kappa shape index (κ1) is 12.6. The van der Waals surface area contributed by atoms with Crippen molar-refractivity contribution in [2.24, 2.45) is 0 Å². The molecule has 0 aliphatic rings. The van der Waals surface area contributed by atoms with Gasteiger partial charge in [-0.1, -0.05) is 28.1 Å². The highest BCUT2D eigenvalue weighted by Crippen LogP contribution is 2.24. The molecule has 3 aromatic rings. The Bertz CT molecular complexity index is 738. The van der Waals surface area contributed by atoms with E-state index in [0.717, 1.165) is 20.9 Å². The predicted octanol–water partition coefficient (Wildman–Crippen LogP) is 3.88. The maximum absolute atomic E-state index is 6.07. The minimum absolute atomic E-state index is 0.240. The summed E-state index contributed by atoms with van der Waals surface area (Å²) in [5.41, 5.74) is 0.905. The molecule has 1 atom stereocenters. The fourth-order valence-corrected chi connectivity index (χ4v) is 2.48. The highest BCUT2D eigenvalue weighted by atomic mass is 79.9. The number of fused-ring (bicyclic) bond motifs is 1. The molecule has 0 N–H and O–H groups in total. The second-order valence-electron chi connectivity index (χ2n) is 4.24. The van der Waals surface area contributed by atoms with E-state index in [1.54, 1.807) is 4.68 Å². The second-order valence-corrected chi connectivity index (χ2v) is 5.81. The van der Waals surface area contributed by atoms with Gasteiger partial charge in [-0.25, -0.2) is 0 Å². The largest absolute Gasteiger partial charge is 0.196 e. The lowest BCUT2D eigenvalue weighted by atomic mass is 10.1. The summed E-state index contributed by atoms with van der Waals surface area (Å²) in [6.07, 6.45) is 0. The molecule has 0 bridgehead atoms. The number of hydrogen-bond donors (Lipinski definition) is 0. The third-order valence-corrected chi connectivity index (χ3v) is 3.57. The van der Waals surface area contributed by atoms with Gasteiger partial charge in [-0.3, -0.25) is 0 Å². The van der Waals surface area contributed by atoms with Crippen molar-refractivity contribution < 1.29 is 0 Å². The van der Waals surface area contributed by atoms with Crippen LogP contribution in [-0.4, -0.2) is 20.2 Å². The number of benzene rings is 2.